The third kappa shape index (κ3) is 3.14. The zero-order chi connectivity index (χ0) is 22.4. The van der Waals surface area contributed by atoms with Crippen molar-refractivity contribution in [1.82, 2.24) is 14.5 Å². The third-order valence-electron chi connectivity index (χ3n) is 5.34. The molecule has 0 saturated carbocycles. The maximum Gasteiger partial charge on any atom is 0.333 e. The molecule has 0 fully saturated rings. The Kier molecular flexibility index (Phi) is 4.75. The van der Waals surface area contributed by atoms with Gasteiger partial charge in [0.05, 0.1) is 29.9 Å². The molecule has 0 aliphatic rings. The van der Waals surface area contributed by atoms with Crippen molar-refractivity contribution in [3.8, 4) is 22.6 Å². The molecule has 0 atom stereocenters. The van der Waals surface area contributed by atoms with Crippen LogP contribution in [0.15, 0.2) is 76.6 Å². The van der Waals surface area contributed by atoms with E-state index in [-0.39, 0.29) is 16.5 Å². The van der Waals surface area contributed by atoms with Crippen LogP contribution in [0, 0.1) is 5.82 Å². The highest BCUT2D eigenvalue weighted by Crippen LogP contribution is 2.34. The summed E-state index contributed by atoms with van der Waals surface area (Å²) >= 11 is 6.27. The standard InChI is InChI=1S/C24H15ClFN3O3/c1-32-14-6-7-19(25)16(8-14)17-10-21-18(9-20(17)26)23(30)29(24(31)28-21)22-12-27-11-13-4-2-3-5-15(13)22/h2-12H,1H3,(H,28,31). The number of benzene rings is 3. The van der Waals surface area contributed by atoms with Gasteiger partial charge in [0.15, 0.2) is 0 Å². The highest BCUT2D eigenvalue weighted by molar-refractivity contribution is 6.33. The maximum atomic E-state index is 15.1. The molecule has 5 aromatic rings. The molecule has 2 aromatic heterocycles. The van der Waals surface area contributed by atoms with Crippen molar-refractivity contribution in [2.24, 2.45) is 0 Å². The summed E-state index contributed by atoms with van der Waals surface area (Å²) < 4.78 is 21.3. The topological polar surface area (TPSA) is 77.0 Å². The van der Waals surface area contributed by atoms with E-state index in [2.05, 4.69) is 9.97 Å². The highest BCUT2D eigenvalue weighted by Gasteiger charge is 2.17. The molecule has 0 amide bonds. The number of nitrogens with one attached hydrogen (secondary N) is 1. The van der Waals surface area contributed by atoms with Gasteiger partial charge in [0.2, 0.25) is 0 Å². The summed E-state index contributed by atoms with van der Waals surface area (Å²) in [6.45, 7) is 0. The summed E-state index contributed by atoms with van der Waals surface area (Å²) in [4.78, 5) is 33.0. The number of ether oxygens (including phenoxy) is 1. The van der Waals surface area contributed by atoms with Crippen LogP contribution in [0.1, 0.15) is 0 Å². The predicted octanol–water partition coefficient (Wildman–Crippen LogP) is 4.70. The van der Waals surface area contributed by atoms with Crippen molar-refractivity contribution >= 4 is 33.3 Å². The molecule has 0 bridgehead atoms. The number of halogens is 2. The van der Waals surface area contributed by atoms with Gasteiger partial charge in [-0.25, -0.2) is 13.8 Å². The second kappa shape index (κ2) is 7.62. The molecule has 6 nitrogen and oxygen atoms in total. The van der Waals surface area contributed by atoms with E-state index in [4.69, 9.17) is 16.3 Å². The number of rotatable bonds is 3. The lowest BCUT2D eigenvalue weighted by Gasteiger charge is -2.12. The summed E-state index contributed by atoms with van der Waals surface area (Å²) in [7, 11) is 1.49. The molecular formula is C24H15ClFN3O3. The SMILES string of the molecule is COc1ccc(Cl)c(-c2cc3[nH]c(=O)n(-c4cncc5ccccc45)c(=O)c3cc2F)c1. The maximum absolute atomic E-state index is 15.1. The average molecular weight is 448 g/mol. The molecule has 0 radical (unpaired) electrons. The predicted molar refractivity (Wildman–Crippen MR) is 122 cm³/mol. The molecular weight excluding hydrogens is 433 g/mol. The minimum atomic E-state index is -0.657. The number of aromatic nitrogens is 3. The fourth-order valence-corrected chi connectivity index (χ4v) is 4.00. The Hall–Kier alpha value is -3.97. The first-order chi connectivity index (χ1) is 15.5. The Balaban J connectivity index is 1.78. The van der Waals surface area contributed by atoms with Gasteiger partial charge in [-0.3, -0.25) is 9.78 Å². The van der Waals surface area contributed by atoms with Gasteiger partial charge >= 0.3 is 5.69 Å². The van der Waals surface area contributed by atoms with Crippen LogP contribution >= 0.6 is 11.6 Å². The Labute approximate surface area is 185 Å². The molecule has 0 unspecified atom stereocenters. The molecule has 32 heavy (non-hydrogen) atoms. The van der Waals surface area contributed by atoms with E-state index < -0.39 is 17.1 Å². The molecule has 0 saturated heterocycles. The van der Waals surface area contributed by atoms with Gasteiger partial charge in [0, 0.05) is 33.1 Å². The Morgan fingerprint density at radius 1 is 1.00 bits per heavy atom. The lowest BCUT2D eigenvalue weighted by Crippen LogP contribution is -2.34. The van der Waals surface area contributed by atoms with E-state index in [1.807, 2.05) is 12.1 Å². The average Bonchev–Trinajstić information content (AvgIpc) is 2.80. The number of aromatic amines is 1. The van der Waals surface area contributed by atoms with E-state index in [9.17, 15) is 9.59 Å². The number of nitrogens with zero attached hydrogens (tertiary/aromatic N) is 2. The van der Waals surface area contributed by atoms with E-state index >= 15 is 4.39 Å². The molecule has 3 aromatic carbocycles. The van der Waals surface area contributed by atoms with Crippen molar-refractivity contribution in [2.75, 3.05) is 7.11 Å². The van der Waals surface area contributed by atoms with Crippen molar-refractivity contribution in [3.63, 3.8) is 0 Å². The van der Waals surface area contributed by atoms with E-state index in [1.165, 1.54) is 19.4 Å². The first kappa shape index (κ1) is 20.0. The van der Waals surface area contributed by atoms with Gasteiger partial charge in [-0.1, -0.05) is 35.9 Å². The minimum Gasteiger partial charge on any atom is -0.497 e. The molecule has 0 aliphatic heterocycles. The van der Waals surface area contributed by atoms with Gasteiger partial charge in [-0.05, 0) is 30.3 Å². The Morgan fingerprint density at radius 2 is 1.81 bits per heavy atom. The molecule has 0 spiro atoms. The zero-order valence-electron chi connectivity index (χ0n) is 16.7. The first-order valence-electron chi connectivity index (χ1n) is 9.63. The summed E-state index contributed by atoms with van der Waals surface area (Å²) in [6.07, 6.45) is 3.08. The molecule has 158 valence electrons. The number of hydrogen-bond donors (Lipinski definition) is 1. The molecule has 5 rings (SSSR count). The summed E-state index contributed by atoms with van der Waals surface area (Å²) in [6, 6.07) is 14.6. The van der Waals surface area contributed by atoms with E-state index in [0.29, 0.717) is 27.4 Å². The second-order valence-corrected chi connectivity index (χ2v) is 7.58. The van der Waals surface area contributed by atoms with Crippen LogP contribution < -0.4 is 16.0 Å². The zero-order valence-corrected chi connectivity index (χ0v) is 17.5. The smallest absolute Gasteiger partial charge is 0.333 e. The van der Waals surface area contributed by atoms with Crippen LogP contribution in [0.5, 0.6) is 5.75 Å². The third-order valence-corrected chi connectivity index (χ3v) is 5.67. The minimum absolute atomic E-state index is 0.0257. The van der Waals surface area contributed by atoms with Crippen LogP contribution in [0.25, 0.3) is 38.5 Å². The molecule has 0 aliphatic carbocycles. The molecule has 8 heteroatoms. The van der Waals surface area contributed by atoms with Crippen molar-refractivity contribution in [3.05, 3.63) is 98.7 Å². The van der Waals surface area contributed by atoms with Gasteiger partial charge in [0.1, 0.15) is 11.6 Å². The van der Waals surface area contributed by atoms with Crippen molar-refractivity contribution in [1.29, 1.82) is 0 Å². The van der Waals surface area contributed by atoms with Crippen molar-refractivity contribution in [2.45, 2.75) is 0 Å². The number of methoxy groups -OCH3 is 1. The van der Waals surface area contributed by atoms with Gasteiger partial charge < -0.3 is 9.72 Å². The summed E-state index contributed by atoms with van der Waals surface area (Å²) in [5.74, 6) is -0.157. The Morgan fingerprint density at radius 3 is 2.62 bits per heavy atom. The number of pyridine rings is 1. The number of hydrogen-bond acceptors (Lipinski definition) is 4. The van der Waals surface area contributed by atoms with E-state index in [1.54, 1.807) is 36.5 Å². The molecule has 2 heterocycles. The molecule has 1 N–H and O–H groups in total. The Bertz CT molecular complexity index is 1640. The number of fused-ring (bicyclic) bond motifs is 2. The van der Waals surface area contributed by atoms with Gasteiger partial charge in [0.25, 0.3) is 5.56 Å². The lowest BCUT2D eigenvalue weighted by molar-refractivity contribution is 0.415. The second-order valence-electron chi connectivity index (χ2n) is 7.17. The summed E-state index contributed by atoms with van der Waals surface area (Å²) in [5.41, 5.74) is -0.273. The largest absolute Gasteiger partial charge is 0.497 e. The number of H-pyrrole nitrogens is 1. The van der Waals surface area contributed by atoms with Crippen LogP contribution in [0.3, 0.4) is 0 Å². The monoisotopic (exact) mass is 447 g/mol. The fourth-order valence-electron chi connectivity index (χ4n) is 3.78. The van der Waals surface area contributed by atoms with Gasteiger partial charge in [-0.15, -0.1) is 0 Å². The van der Waals surface area contributed by atoms with Crippen LogP contribution in [0.2, 0.25) is 5.02 Å². The highest BCUT2D eigenvalue weighted by atomic mass is 35.5. The van der Waals surface area contributed by atoms with Crippen LogP contribution in [-0.2, 0) is 0 Å². The van der Waals surface area contributed by atoms with Crippen molar-refractivity contribution < 1.29 is 9.13 Å². The van der Waals surface area contributed by atoms with E-state index in [0.717, 1.165) is 16.0 Å². The van der Waals surface area contributed by atoms with Gasteiger partial charge in [-0.2, -0.15) is 0 Å². The summed E-state index contributed by atoms with van der Waals surface area (Å²) in [5, 5.41) is 1.78. The first-order valence-corrected chi connectivity index (χ1v) is 10.0. The van der Waals surface area contributed by atoms with Crippen LogP contribution in [-0.4, -0.2) is 21.6 Å². The quantitative estimate of drug-likeness (QED) is 0.435. The fraction of sp³-hybridized carbons (Fsp3) is 0.0417. The van der Waals surface area contributed by atoms with Crippen LogP contribution in [0.4, 0.5) is 4.39 Å². The lowest BCUT2D eigenvalue weighted by atomic mass is 10.0. The normalized spacial score (nSPS) is 11.2.